The quantitative estimate of drug-likeness (QED) is 0.304. The topological polar surface area (TPSA) is 70.7 Å². The van der Waals surface area contributed by atoms with Gasteiger partial charge < -0.3 is 15.0 Å². The SMILES string of the molecule is CCCCCCOc1ccccc1C(=O)NC(=S)Nc1ccccc1C(=O)N(C)C1CCCCC1. The zero-order valence-electron chi connectivity index (χ0n) is 20.8. The van der Waals surface area contributed by atoms with Crippen LogP contribution in [0.3, 0.4) is 0 Å². The van der Waals surface area contributed by atoms with Crippen LogP contribution in [0.4, 0.5) is 5.69 Å². The number of carbonyl (C=O) groups is 2. The molecule has 0 spiro atoms. The number of para-hydroxylation sites is 2. The van der Waals surface area contributed by atoms with Gasteiger partial charge in [-0.1, -0.05) is 69.7 Å². The number of rotatable bonds is 10. The smallest absolute Gasteiger partial charge is 0.261 e. The first kappa shape index (κ1) is 26.7. The Morgan fingerprint density at radius 3 is 2.40 bits per heavy atom. The summed E-state index contributed by atoms with van der Waals surface area (Å²) in [5, 5.41) is 5.91. The zero-order chi connectivity index (χ0) is 25.0. The number of carbonyl (C=O) groups excluding carboxylic acids is 2. The highest BCUT2D eigenvalue weighted by molar-refractivity contribution is 7.80. The number of anilines is 1. The highest BCUT2D eigenvalue weighted by Gasteiger charge is 2.25. The summed E-state index contributed by atoms with van der Waals surface area (Å²) in [7, 11) is 1.87. The number of amides is 2. The average molecular weight is 496 g/mol. The summed E-state index contributed by atoms with van der Waals surface area (Å²) in [6, 6.07) is 14.7. The number of hydrogen-bond acceptors (Lipinski definition) is 4. The van der Waals surface area contributed by atoms with Crippen molar-refractivity contribution in [3.8, 4) is 5.75 Å². The largest absolute Gasteiger partial charge is 0.493 e. The van der Waals surface area contributed by atoms with Crippen LogP contribution in [0.5, 0.6) is 5.75 Å². The summed E-state index contributed by atoms with van der Waals surface area (Å²) in [5.41, 5.74) is 1.53. The molecule has 1 aliphatic rings. The molecule has 0 saturated heterocycles. The zero-order valence-corrected chi connectivity index (χ0v) is 21.7. The normalized spacial score (nSPS) is 13.7. The first-order valence-electron chi connectivity index (χ1n) is 12.7. The lowest BCUT2D eigenvalue weighted by Crippen LogP contribution is -2.39. The standard InChI is InChI=1S/C28H37N3O3S/c1-3-4-5-13-20-34-25-19-12-10-17-23(25)26(32)30-28(35)29-24-18-11-9-16-22(24)27(33)31(2)21-14-7-6-8-15-21/h9-12,16-19,21H,3-8,13-15,20H2,1-2H3,(H2,29,30,32,35). The maximum atomic E-state index is 13.2. The van der Waals surface area contributed by atoms with E-state index in [1.807, 2.05) is 30.1 Å². The van der Waals surface area contributed by atoms with Crippen LogP contribution in [0.1, 0.15) is 85.4 Å². The first-order chi connectivity index (χ1) is 17.0. The molecular weight excluding hydrogens is 458 g/mol. The molecule has 3 rings (SSSR count). The average Bonchev–Trinajstić information content (AvgIpc) is 2.88. The lowest BCUT2D eigenvalue weighted by atomic mass is 9.94. The molecule has 1 fully saturated rings. The van der Waals surface area contributed by atoms with Crippen LogP contribution >= 0.6 is 12.2 Å². The number of hydrogen-bond donors (Lipinski definition) is 2. The van der Waals surface area contributed by atoms with Crippen LogP contribution in [0, 0.1) is 0 Å². The molecule has 0 aliphatic heterocycles. The molecule has 6 nitrogen and oxygen atoms in total. The van der Waals surface area contributed by atoms with Gasteiger partial charge in [0.2, 0.25) is 0 Å². The summed E-state index contributed by atoms with van der Waals surface area (Å²) in [6.45, 7) is 2.73. The Morgan fingerprint density at radius 1 is 0.971 bits per heavy atom. The first-order valence-corrected chi connectivity index (χ1v) is 13.1. The van der Waals surface area contributed by atoms with E-state index in [1.54, 1.807) is 30.3 Å². The van der Waals surface area contributed by atoms with Gasteiger partial charge in [-0.15, -0.1) is 0 Å². The molecule has 0 atom stereocenters. The van der Waals surface area contributed by atoms with E-state index < -0.39 is 0 Å². The van der Waals surface area contributed by atoms with Crippen molar-refractivity contribution in [2.45, 2.75) is 70.8 Å². The molecule has 35 heavy (non-hydrogen) atoms. The van der Waals surface area contributed by atoms with Gasteiger partial charge in [0.05, 0.1) is 23.4 Å². The van der Waals surface area contributed by atoms with Crippen LogP contribution in [-0.4, -0.2) is 41.5 Å². The lowest BCUT2D eigenvalue weighted by Gasteiger charge is -2.31. The Morgan fingerprint density at radius 2 is 1.66 bits per heavy atom. The van der Waals surface area contributed by atoms with Crippen molar-refractivity contribution in [2.24, 2.45) is 0 Å². The van der Waals surface area contributed by atoms with Crippen LogP contribution in [-0.2, 0) is 0 Å². The van der Waals surface area contributed by atoms with Gasteiger partial charge >= 0.3 is 0 Å². The number of nitrogens with one attached hydrogen (secondary N) is 2. The molecule has 0 aromatic heterocycles. The van der Waals surface area contributed by atoms with E-state index in [1.165, 1.54) is 12.8 Å². The molecule has 1 aliphatic carbocycles. The van der Waals surface area contributed by atoms with Crippen LogP contribution in [0.15, 0.2) is 48.5 Å². The molecule has 188 valence electrons. The van der Waals surface area contributed by atoms with Gasteiger partial charge in [0.25, 0.3) is 11.8 Å². The molecule has 2 amide bonds. The summed E-state index contributed by atoms with van der Waals surface area (Å²) in [5.74, 6) is 0.139. The van der Waals surface area contributed by atoms with E-state index in [2.05, 4.69) is 17.6 Å². The number of ether oxygens (including phenoxy) is 1. The van der Waals surface area contributed by atoms with Crippen LogP contribution in [0.2, 0.25) is 0 Å². The fourth-order valence-electron chi connectivity index (χ4n) is 4.42. The highest BCUT2D eigenvalue weighted by Crippen LogP contribution is 2.25. The third kappa shape index (κ3) is 7.79. The third-order valence-corrected chi connectivity index (χ3v) is 6.67. The monoisotopic (exact) mass is 495 g/mol. The van der Waals surface area contributed by atoms with Gasteiger partial charge in [0.1, 0.15) is 5.75 Å². The van der Waals surface area contributed by atoms with Gasteiger partial charge in [0, 0.05) is 13.1 Å². The van der Waals surface area contributed by atoms with Crippen LogP contribution < -0.4 is 15.4 Å². The van der Waals surface area contributed by atoms with Crippen LogP contribution in [0.25, 0.3) is 0 Å². The summed E-state index contributed by atoms with van der Waals surface area (Å²) in [4.78, 5) is 28.0. The van der Waals surface area contributed by atoms with Gasteiger partial charge in [-0.05, 0) is 55.7 Å². The van der Waals surface area contributed by atoms with E-state index in [0.717, 1.165) is 44.9 Å². The molecule has 2 aromatic carbocycles. The van der Waals surface area contributed by atoms with E-state index in [9.17, 15) is 9.59 Å². The van der Waals surface area contributed by atoms with Crippen molar-refractivity contribution in [1.82, 2.24) is 10.2 Å². The Labute approximate surface area is 214 Å². The second kappa shape index (κ2) is 13.8. The highest BCUT2D eigenvalue weighted by atomic mass is 32.1. The lowest BCUT2D eigenvalue weighted by molar-refractivity contribution is 0.0697. The fraction of sp³-hybridized carbons (Fsp3) is 0.464. The maximum absolute atomic E-state index is 13.2. The van der Waals surface area contributed by atoms with E-state index in [-0.39, 0.29) is 23.0 Å². The summed E-state index contributed by atoms with van der Waals surface area (Å²) < 4.78 is 5.86. The Balaban J connectivity index is 1.62. The van der Waals surface area contributed by atoms with Crippen molar-refractivity contribution >= 4 is 34.8 Å². The van der Waals surface area contributed by atoms with Crippen molar-refractivity contribution < 1.29 is 14.3 Å². The third-order valence-electron chi connectivity index (χ3n) is 6.46. The summed E-state index contributed by atoms with van der Waals surface area (Å²) >= 11 is 5.42. The molecule has 0 bridgehead atoms. The molecule has 0 radical (unpaired) electrons. The molecule has 7 heteroatoms. The minimum Gasteiger partial charge on any atom is -0.493 e. The predicted octanol–water partition coefficient (Wildman–Crippen LogP) is 6.18. The second-order valence-electron chi connectivity index (χ2n) is 9.07. The van der Waals surface area contributed by atoms with Crippen molar-refractivity contribution in [2.75, 3.05) is 19.0 Å². The number of nitrogens with zero attached hydrogens (tertiary/aromatic N) is 1. The molecule has 2 N–H and O–H groups in total. The fourth-order valence-corrected chi connectivity index (χ4v) is 4.62. The maximum Gasteiger partial charge on any atom is 0.261 e. The van der Waals surface area contributed by atoms with Gasteiger partial charge in [-0.2, -0.15) is 0 Å². The van der Waals surface area contributed by atoms with Gasteiger partial charge in [-0.3, -0.25) is 14.9 Å². The molecule has 0 unspecified atom stereocenters. The van der Waals surface area contributed by atoms with Crippen molar-refractivity contribution in [3.63, 3.8) is 0 Å². The van der Waals surface area contributed by atoms with E-state index >= 15 is 0 Å². The Bertz CT molecular complexity index is 1000. The Kier molecular flexibility index (Phi) is 10.5. The van der Waals surface area contributed by atoms with Crippen molar-refractivity contribution in [1.29, 1.82) is 0 Å². The van der Waals surface area contributed by atoms with Gasteiger partial charge in [-0.25, -0.2) is 0 Å². The van der Waals surface area contributed by atoms with Gasteiger partial charge in [0.15, 0.2) is 5.11 Å². The molecular formula is C28H37N3O3S. The molecule has 0 heterocycles. The molecule has 2 aromatic rings. The Hall–Kier alpha value is -2.93. The number of benzene rings is 2. The summed E-state index contributed by atoms with van der Waals surface area (Å²) in [6.07, 6.45) is 10.00. The van der Waals surface area contributed by atoms with E-state index in [0.29, 0.717) is 29.2 Å². The minimum atomic E-state index is -0.352. The second-order valence-corrected chi connectivity index (χ2v) is 9.48. The van der Waals surface area contributed by atoms with E-state index in [4.69, 9.17) is 17.0 Å². The van der Waals surface area contributed by atoms with Crippen molar-refractivity contribution in [3.05, 3.63) is 59.7 Å². The molecule has 1 saturated carbocycles. The number of unbranched alkanes of at least 4 members (excludes halogenated alkanes) is 3. The predicted molar refractivity (Wildman–Crippen MR) is 145 cm³/mol. The number of thiocarbonyl (C=S) groups is 1. The minimum absolute atomic E-state index is 0.0454.